The maximum Gasteiger partial charge on any atom is 0.242 e. The third-order valence-corrected chi connectivity index (χ3v) is 9.18. The van der Waals surface area contributed by atoms with Crippen LogP contribution in [0.5, 0.6) is 0 Å². The molecule has 4 rings (SSSR count). The Morgan fingerprint density at radius 2 is 1.73 bits per heavy atom. The van der Waals surface area contributed by atoms with Crippen molar-refractivity contribution < 1.29 is 8.42 Å². The summed E-state index contributed by atoms with van der Waals surface area (Å²) in [5.74, 6) is 2.34. The van der Waals surface area contributed by atoms with Crippen LogP contribution in [0.3, 0.4) is 0 Å². The molecule has 7 nitrogen and oxygen atoms in total. The first-order valence-electron chi connectivity index (χ1n) is 10.9. The first kappa shape index (κ1) is 24.5. The van der Waals surface area contributed by atoms with E-state index < -0.39 is 10.0 Å². The summed E-state index contributed by atoms with van der Waals surface area (Å²) in [4.78, 5) is 11.4. The normalized spacial score (nSPS) is 19.0. The van der Waals surface area contributed by atoms with Gasteiger partial charge in [0.25, 0.3) is 0 Å². The highest BCUT2D eigenvalue weighted by Crippen LogP contribution is 2.35. The first-order valence-corrected chi connectivity index (χ1v) is 13.9. The molecule has 0 bridgehead atoms. The molecule has 1 aromatic carbocycles. The second kappa shape index (κ2) is 10.3. The van der Waals surface area contributed by atoms with Gasteiger partial charge in [0.15, 0.2) is 0 Å². The summed E-state index contributed by atoms with van der Waals surface area (Å²) in [7, 11) is 0.315. The fraction of sp³-hybridized carbons (Fsp3) is 0.455. The molecule has 0 unspecified atom stereocenters. The number of hydrogen-bond acceptors (Lipinski definition) is 7. The standard InChI is InChI=1S/C22H27Cl2N5O2S2/c1-29(2)21-16-5-3-4-6-17(16)27-22(28-21)25-12-14-7-9-15(10-8-14)13-26-33(30,31)18-11-19(23)32-20(18)24/h3-6,11,14-15,26H,7-10,12-13H2,1-2H3,(H,25,27,28)/t14-,15-. The number of aromatic nitrogens is 2. The van der Waals surface area contributed by atoms with E-state index in [-0.39, 0.29) is 9.23 Å². The van der Waals surface area contributed by atoms with E-state index in [4.69, 9.17) is 28.2 Å². The molecule has 0 saturated heterocycles. The molecular formula is C22H27Cl2N5O2S2. The molecule has 0 spiro atoms. The van der Waals surface area contributed by atoms with Crippen LogP contribution in [0.15, 0.2) is 35.2 Å². The molecule has 33 heavy (non-hydrogen) atoms. The molecule has 1 saturated carbocycles. The Balaban J connectivity index is 1.29. The molecule has 11 heteroatoms. The van der Waals surface area contributed by atoms with Gasteiger partial charge >= 0.3 is 0 Å². The summed E-state index contributed by atoms with van der Waals surface area (Å²) in [6.45, 7) is 1.21. The Bertz CT molecular complexity index is 1220. The molecule has 178 valence electrons. The summed E-state index contributed by atoms with van der Waals surface area (Å²) < 4.78 is 28.3. The van der Waals surface area contributed by atoms with Crippen molar-refractivity contribution in [3.05, 3.63) is 39.0 Å². The predicted octanol–water partition coefficient (Wildman–Crippen LogP) is 5.26. The largest absolute Gasteiger partial charge is 0.362 e. The van der Waals surface area contributed by atoms with Gasteiger partial charge in [-0.05, 0) is 55.7 Å². The third-order valence-electron chi connectivity index (χ3n) is 6.00. The number of fused-ring (bicyclic) bond motifs is 1. The fourth-order valence-corrected chi connectivity index (χ4v) is 7.43. The topological polar surface area (TPSA) is 87.2 Å². The molecule has 0 atom stereocenters. The summed E-state index contributed by atoms with van der Waals surface area (Å²) in [6.07, 6.45) is 3.99. The van der Waals surface area contributed by atoms with E-state index in [1.165, 1.54) is 6.07 Å². The Hall–Kier alpha value is -1.65. The zero-order chi connectivity index (χ0) is 23.6. The highest BCUT2D eigenvalue weighted by Gasteiger charge is 2.25. The Kier molecular flexibility index (Phi) is 7.65. The van der Waals surface area contributed by atoms with Gasteiger partial charge in [-0.2, -0.15) is 4.98 Å². The molecular weight excluding hydrogens is 501 g/mol. The number of rotatable bonds is 8. The highest BCUT2D eigenvalue weighted by molar-refractivity contribution is 7.89. The molecule has 2 heterocycles. The second-order valence-electron chi connectivity index (χ2n) is 8.59. The molecule has 1 aliphatic carbocycles. The lowest BCUT2D eigenvalue weighted by atomic mass is 9.82. The van der Waals surface area contributed by atoms with Gasteiger partial charge < -0.3 is 10.2 Å². The van der Waals surface area contributed by atoms with Crippen LogP contribution in [-0.2, 0) is 10.0 Å². The van der Waals surface area contributed by atoms with Crippen LogP contribution in [0.4, 0.5) is 11.8 Å². The maximum absolute atomic E-state index is 12.5. The summed E-state index contributed by atoms with van der Waals surface area (Å²) >= 11 is 13.0. The zero-order valence-electron chi connectivity index (χ0n) is 18.5. The Morgan fingerprint density at radius 1 is 1.06 bits per heavy atom. The number of thiophene rings is 1. The lowest BCUT2D eigenvalue weighted by molar-refractivity contribution is 0.284. The van der Waals surface area contributed by atoms with Crippen LogP contribution in [0.1, 0.15) is 25.7 Å². The van der Waals surface area contributed by atoms with Crippen LogP contribution in [0, 0.1) is 11.8 Å². The average molecular weight is 529 g/mol. The van der Waals surface area contributed by atoms with Crippen molar-refractivity contribution in [2.45, 2.75) is 30.6 Å². The third kappa shape index (κ3) is 5.89. The number of hydrogen-bond donors (Lipinski definition) is 2. The van der Waals surface area contributed by atoms with Crippen molar-refractivity contribution in [3.63, 3.8) is 0 Å². The van der Waals surface area contributed by atoms with Gasteiger partial charge in [0, 0.05) is 32.6 Å². The van der Waals surface area contributed by atoms with Gasteiger partial charge in [0.1, 0.15) is 15.0 Å². The van der Waals surface area contributed by atoms with E-state index in [0.717, 1.165) is 60.3 Å². The van der Waals surface area contributed by atoms with E-state index in [9.17, 15) is 8.42 Å². The van der Waals surface area contributed by atoms with Crippen molar-refractivity contribution in [2.75, 3.05) is 37.4 Å². The first-order chi connectivity index (χ1) is 15.7. The van der Waals surface area contributed by atoms with E-state index in [0.29, 0.717) is 28.7 Å². The van der Waals surface area contributed by atoms with Crippen LogP contribution in [0.25, 0.3) is 10.9 Å². The smallest absolute Gasteiger partial charge is 0.242 e. The molecule has 2 aromatic heterocycles. The molecule has 0 radical (unpaired) electrons. The van der Waals surface area contributed by atoms with E-state index in [2.05, 4.69) is 15.0 Å². The van der Waals surface area contributed by atoms with Crippen molar-refractivity contribution in [1.29, 1.82) is 0 Å². The minimum absolute atomic E-state index is 0.0598. The highest BCUT2D eigenvalue weighted by atomic mass is 35.5. The van der Waals surface area contributed by atoms with Gasteiger partial charge in [-0.1, -0.05) is 35.3 Å². The van der Waals surface area contributed by atoms with Gasteiger partial charge in [0.2, 0.25) is 16.0 Å². The van der Waals surface area contributed by atoms with Crippen LogP contribution in [-0.4, -0.2) is 45.6 Å². The van der Waals surface area contributed by atoms with Crippen LogP contribution in [0.2, 0.25) is 8.67 Å². The monoisotopic (exact) mass is 527 g/mol. The van der Waals surface area contributed by atoms with Gasteiger partial charge in [0.05, 0.1) is 9.85 Å². The minimum atomic E-state index is -3.65. The van der Waals surface area contributed by atoms with Gasteiger partial charge in [-0.3, -0.25) is 0 Å². The summed E-state index contributed by atoms with van der Waals surface area (Å²) in [5, 5.41) is 4.45. The summed E-state index contributed by atoms with van der Waals surface area (Å²) in [5.41, 5.74) is 0.918. The Morgan fingerprint density at radius 3 is 2.36 bits per heavy atom. The van der Waals surface area contributed by atoms with Crippen molar-refractivity contribution in [3.8, 4) is 0 Å². The van der Waals surface area contributed by atoms with Gasteiger partial charge in [-0.25, -0.2) is 18.1 Å². The lowest BCUT2D eigenvalue weighted by Crippen LogP contribution is -2.32. The second-order valence-corrected chi connectivity index (χ2v) is 12.6. The predicted molar refractivity (Wildman–Crippen MR) is 137 cm³/mol. The molecule has 0 amide bonds. The van der Waals surface area contributed by atoms with Crippen molar-refractivity contribution >= 4 is 67.2 Å². The SMILES string of the molecule is CN(C)c1nc(NC[C@H]2CC[C@H](CNS(=O)(=O)c3cc(Cl)sc3Cl)CC2)nc2ccccc12. The summed E-state index contributed by atoms with van der Waals surface area (Å²) in [6, 6.07) is 9.41. The van der Waals surface area contributed by atoms with Crippen LogP contribution < -0.4 is 14.9 Å². The molecule has 3 aromatic rings. The average Bonchev–Trinajstić information content (AvgIpc) is 3.15. The number of anilines is 2. The minimum Gasteiger partial charge on any atom is -0.362 e. The van der Waals surface area contributed by atoms with Crippen molar-refractivity contribution in [1.82, 2.24) is 14.7 Å². The molecule has 0 aliphatic heterocycles. The number of nitrogens with zero attached hydrogens (tertiary/aromatic N) is 3. The van der Waals surface area contributed by atoms with Gasteiger partial charge in [-0.15, -0.1) is 11.3 Å². The zero-order valence-corrected chi connectivity index (χ0v) is 21.7. The molecule has 2 N–H and O–H groups in total. The quantitative estimate of drug-likeness (QED) is 0.415. The van der Waals surface area contributed by atoms with E-state index in [1.807, 2.05) is 43.3 Å². The Labute approximate surface area is 208 Å². The fourth-order valence-electron chi connectivity index (χ4n) is 4.17. The number of nitrogens with one attached hydrogen (secondary N) is 2. The maximum atomic E-state index is 12.5. The van der Waals surface area contributed by atoms with E-state index in [1.54, 1.807) is 0 Å². The van der Waals surface area contributed by atoms with Crippen LogP contribution >= 0.6 is 34.5 Å². The number of halogens is 2. The number of para-hydroxylation sites is 1. The van der Waals surface area contributed by atoms with Crippen molar-refractivity contribution in [2.24, 2.45) is 11.8 Å². The molecule has 1 aliphatic rings. The van der Waals surface area contributed by atoms with E-state index >= 15 is 0 Å². The molecule has 1 fully saturated rings. The lowest BCUT2D eigenvalue weighted by Gasteiger charge is -2.28. The number of benzene rings is 1. The number of sulfonamides is 1.